The van der Waals surface area contributed by atoms with Gasteiger partial charge in [0, 0.05) is 6.54 Å². The van der Waals surface area contributed by atoms with Crippen LogP contribution in [0.5, 0.6) is 0 Å². The molecule has 0 atom stereocenters. The second-order valence-corrected chi connectivity index (χ2v) is 4.95. The van der Waals surface area contributed by atoms with Gasteiger partial charge in [-0.15, -0.1) is 0 Å². The highest BCUT2D eigenvalue weighted by Gasteiger charge is 2.29. The zero-order valence-electron chi connectivity index (χ0n) is 9.16. The molecule has 0 aliphatic carbocycles. The Balaban J connectivity index is 2.70. The fraction of sp³-hybridized carbons (Fsp3) is 0.333. The maximum atomic E-state index is 11.9. The lowest BCUT2D eigenvalue weighted by Gasteiger charge is -2.11. The highest BCUT2D eigenvalue weighted by atomic mass is 32.2. The Morgan fingerprint density at radius 2 is 1.94 bits per heavy atom. The second kappa shape index (κ2) is 5.55. The lowest BCUT2D eigenvalue weighted by molar-refractivity contribution is -0.121. The lowest BCUT2D eigenvalue weighted by atomic mass is 10.2. The van der Waals surface area contributed by atoms with Crippen LogP contribution in [-0.4, -0.2) is 21.1 Å². The maximum absolute atomic E-state index is 11.9. The van der Waals surface area contributed by atoms with Gasteiger partial charge in [-0.25, -0.2) is 0 Å². The highest BCUT2D eigenvalue weighted by Crippen LogP contribution is 2.14. The van der Waals surface area contributed by atoms with Crippen molar-refractivity contribution in [3.05, 3.63) is 29.8 Å². The van der Waals surface area contributed by atoms with Crippen LogP contribution < -0.4 is 15.2 Å². The molecule has 4 N–H and O–H groups in total. The number of nitrogens with two attached hydrogens (primary N) is 1. The van der Waals surface area contributed by atoms with Gasteiger partial charge in [0.2, 0.25) is 0 Å². The molecule has 0 amide bonds. The lowest BCUT2D eigenvalue weighted by Crippen LogP contribution is -2.37. The van der Waals surface area contributed by atoms with Crippen LogP contribution in [-0.2, 0) is 16.8 Å². The maximum Gasteiger partial charge on any atom is 0.402 e. The summed E-state index contributed by atoms with van der Waals surface area (Å²) in [4.78, 5) is 0. The van der Waals surface area contributed by atoms with Gasteiger partial charge in [-0.1, -0.05) is 12.1 Å². The average Bonchev–Trinajstić information content (AvgIpc) is 2.25. The Morgan fingerprint density at radius 1 is 1.28 bits per heavy atom. The zero-order chi connectivity index (χ0) is 13.8. The molecule has 0 aliphatic heterocycles. The summed E-state index contributed by atoms with van der Waals surface area (Å²) in [5.74, 6) is 0. The molecular weight excluding hydrogens is 271 g/mol. The summed E-state index contributed by atoms with van der Waals surface area (Å²) in [6.07, 6.45) is -4.60. The van der Waals surface area contributed by atoms with E-state index in [4.69, 9.17) is 5.73 Å². The van der Waals surface area contributed by atoms with Crippen LogP contribution in [0, 0.1) is 0 Å². The van der Waals surface area contributed by atoms with E-state index < -0.39 is 22.9 Å². The molecule has 9 heteroatoms. The normalized spacial score (nSPS) is 12.4. The summed E-state index contributed by atoms with van der Waals surface area (Å²) in [6.45, 7) is -1.43. The van der Waals surface area contributed by atoms with Gasteiger partial charge in [-0.05, 0) is 17.7 Å². The summed E-state index contributed by atoms with van der Waals surface area (Å²) >= 11 is 0. The van der Waals surface area contributed by atoms with Gasteiger partial charge in [0.15, 0.2) is 0 Å². The minimum Gasteiger partial charge on any atom is -0.326 e. The van der Waals surface area contributed by atoms with E-state index in [2.05, 4.69) is 0 Å². The van der Waals surface area contributed by atoms with Gasteiger partial charge in [0.05, 0.1) is 5.69 Å². The summed E-state index contributed by atoms with van der Waals surface area (Å²) in [7, 11) is -4.25. The van der Waals surface area contributed by atoms with E-state index in [1.165, 1.54) is 16.9 Å². The Bertz CT molecular complexity index is 502. The number of alkyl halides is 3. The number of benzene rings is 1. The van der Waals surface area contributed by atoms with Crippen molar-refractivity contribution in [3.8, 4) is 0 Å². The van der Waals surface area contributed by atoms with E-state index in [-0.39, 0.29) is 12.2 Å². The van der Waals surface area contributed by atoms with Crippen molar-refractivity contribution in [2.75, 3.05) is 11.3 Å². The molecule has 1 aromatic rings. The number of hydrogen-bond acceptors (Lipinski definition) is 3. The molecule has 0 radical (unpaired) electrons. The average molecular weight is 283 g/mol. The smallest absolute Gasteiger partial charge is 0.326 e. The molecule has 5 nitrogen and oxygen atoms in total. The van der Waals surface area contributed by atoms with Crippen LogP contribution in [0.2, 0.25) is 0 Å². The minimum absolute atomic E-state index is 0.146. The summed E-state index contributed by atoms with van der Waals surface area (Å²) in [5.41, 5.74) is 6.16. The first kappa shape index (κ1) is 14.7. The minimum atomic E-state index is -4.60. The van der Waals surface area contributed by atoms with E-state index in [0.717, 1.165) is 0 Å². The summed E-state index contributed by atoms with van der Waals surface area (Å²) in [6, 6.07) is 6.06. The van der Waals surface area contributed by atoms with Crippen molar-refractivity contribution < 1.29 is 21.6 Å². The van der Waals surface area contributed by atoms with E-state index in [1.54, 1.807) is 12.1 Å². The molecule has 1 aromatic carbocycles. The van der Waals surface area contributed by atoms with Gasteiger partial charge in [-0.2, -0.15) is 26.3 Å². The van der Waals surface area contributed by atoms with Crippen molar-refractivity contribution in [2.45, 2.75) is 12.7 Å². The van der Waals surface area contributed by atoms with Crippen LogP contribution in [0.15, 0.2) is 24.3 Å². The third kappa shape index (κ3) is 5.34. The Labute approximate surface area is 102 Å². The molecule has 0 saturated carbocycles. The van der Waals surface area contributed by atoms with E-state index in [1.807, 2.05) is 4.72 Å². The fourth-order valence-corrected chi connectivity index (χ4v) is 1.99. The topological polar surface area (TPSA) is 84.2 Å². The van der Waals surface area contributed by atoms with Gasteiger partial charge < -0.3 is 5.73 Å². The van der Waals surface area contributed by atoms with Crippen LogP contribution in [0.25, 0.3) is 0 Å². The predicted molar refractivity (Wildman–Crippen MR) is 60.9 cm³/mol. The molecule has 0 unspecified atom stereocenters. The fourth-order valence-electron chi connectivity index (χ4n) is 1.13. The van der Waals surface area contributed by atoms with Crippen molar-refractivity contribution in [1.29, 1.82) is 0 Å². The molecule has 0 fully saturated rings. The van der Waals surface area contributed by atoms with Gasteiger partial charge in [0.1, 0.15) is 6.54 Å². The number of nitrogens with one attached hydrogen (secondary N) is 2. The molecule has 0 aromatic heterocycles. The quantitative estimate of drug-likeness (QED) is 0.752. The second-order valence-electron chi connectivity index (χ2n) is 3.45. The standard InChI is InChI=1S/C9H12F3N3O2S/c10-9(11,12)6-14-18(16,17)15-8-3-1-2-7(4-8)5-13/h1-4,14-15H,5-6,13H2. The molecule has 18 heavy (non-hydrogen) atoms. The van der Waals surface area contributed by atoms with Gasteiger partial charge in [-0.3, -0.25) is 4.72 Å². The summed E-state index contributed by atoms with van der Waals surface area (Å²) < 4.78 is 61.6. The number of halogens is 3. The zero-order valence-corrected chi connectivity index (χ0v) is 9.98. The number of rotatable bonds is 5. The third-order valence-corrected chi connectivity index (χ3v) is 2.91. The monoisotopic (exact) mass is 283 g/mol. The first-order valence-electron chi connectivity index (χ1n) is 4.85. The molecule has 0 bridgehead atoms. The van der Waals surface area contributed by atoms with E-state index in [0.29, 0.717) is 5.56 Å². The Kier molecular flexibility index (Phi) is 4.54. The third-order valence-electron chi connectivity index (χ3n) is 1.88. The van der Waals surface area contributed by atoms with Crippen molar-refractivity contribution in [3.63, 3.8) is 0 Å². The highest BCUT2D eigenvalue weighted by molar-refractivity contribution is 7.90. The predicted octanol–water partition coefficient (Wildman–Crippen LogP) is 0.954. The molecule has 102 valence electrons. The van der Waals surface area contributed by atoms with Crippen molar-refractivity contribution in [2.24, 2.45) is 5.73 Å². The van der Waals surface area contributed by atoms with Crippen molar-refractivity contribution in [1.82, 2.24) is 4.72 Å². The largest absolute Gasteiger partial charge is 0.402 e. The van der Waals surface area contributed by atoms with Crippen molar-refractivity contribution >= 4 is 15.9 Å². The number of hydrogen-bond donors (Lipinski definition) is 3. The molecular formula is C9H12F3N3O2S. The van der Waals surface area contributed by atoms with E-state index in [9.17, 15) is 21.6 Å². The molecule has 0 spiro atoms. The molecule has 0 aliphatic rings. The molecule has 0 saturated heterocycles. The first-order chi connectivity index (χ1) is 8.22. The van der Waals surface area contributed by atoms with Gasteiger partial charge in [0.25, 0.3) is 10.2 Å². The SMILES string of the molecule is NCc1cccc(NS(=O)(=O)NCC(F)(F)F)c1. The molecule has 1 rings (SSSR count). The Hall–Kier alpha value is -1.32. The number of anilines is 1. The Morgan fingerprint density at radius 3 is 2.50 bits per heavy atom. The van der Waals surface area contributed by atoms with Crippen LogP contribution in [0.1, 0.15) is 5.56 Å². The van der Waals surface area contributed by atoms with Crippen LogP contribution in [0.4, 0.5) is 18.9 Å². The van der Waals surface area contributed by atoms with E-state index >= 15 is 0 Å². The first-order valence-corrected chi connectivity index (χ1v) is 6.33. The van der Waals surface area contributed by atoms with Crippen LogP contribution >= 0.6 is 0 Å². The summed E-state index contributed by atoms with van der Waals surface area (Å²) in [5, 5.41) is 0. The molecule has 0 heterocycles. The van der Waals surface area contributed by atoms with Crippen LogP contribution in [0.3, 0.4) is 0 Å². The van der Waals surface area contributed by atoms with Gasteiger partial charge >= 0.3 is 6.18 Å².